The minimum Gasteiger partial charge on any atom is -0.236 e. The number of rotatable bonds is 2. The average molecular weight is 274 g/mol. The lowest BCUT2D eigenvalue weighted by atomic mass is 10.1. The zero-order valence-corrected chi connectivity index (χ0v) is 11.6. The molecule has 0 N–H and O–H groups in total. The van der Waals surface area contributed by atoms with Crippen molar-refractivity contribution in [3.05, 3.63) is 53.6 Å². The predicted octanol–water partition coefficient (Wildman–Crippen LogP) is 5.01. The molecular formula is C15H12ClNS. The Hall–Kier alpha value is -1.38. The largest absolute Gasteiger partial charge is 0.236 e. The van der Waals surface area contributed by atoms with Gasteiger partial charge in [-0.1, -0.05) is 24.3 Å². The lowest BCUT2D eigenvalue weighted by Crippen LogP contribution is -1.80. The Labute approximate surface area is 115 Å². The molecule has 0 aliphatic heterocycles. The summed E-state index contributed by atoms with van der Waals surface area (Å²) in [6.45, 7) is 2.09. The van der Waals surface area contributed by atoms with Gasteiger partial charge in [-0.05, 0) is 36.2 Å². The van der Waals surface area contributed by atoms with E-state index in [1.165, 1.54) is 10.3 Å². The number of alkyl halides is 1. The Morgan fingerprint density at radius 1 is 1.17 bits per heavy atom. The number of halogens is 1. The first-order chi connectivity index (χ1) is 8.76. The summed E-state index contributed by atoms with van der Waals surface area (Å²) >= 11 is 7.59. The number of hydrogen-bond donors (Lipinski definition) is 0. The molecule has 3 aromatic rings. The van der Waals surface area contributed by atoms with Crippen molar-refractivity contribution in [2.45, 2.75) is 12.8 Å². The second kappa shape index (κ2) is 4.71. The van der Waals surface area contributed by atoms with Crippen molar-refractivity contribution in [2.75, 3.05) is 0 Å². The van der Waals surface area contributed by atoms with Gasteiger partial charge >= 0.3 is 0 Å². The fraction of sp³-hybridized carbons (Fsp3) is 0.133. The summed E-state index contributed by atoms with van der Waals surface area (Å²) in [5, 5.41) is 1.06. The average Bonchev–Trinajstić information content (AvgIpc) is 2.81. The molecule has 3 heteroatoms. The minimum absolute atomic E-state index is 0.540. The Kier molecular flexibility index (Phi) is 3.06. The molecule has 0 saturated heterocycles. The Bertz CT molecular complexity index is 703. The van der Waals surface area contributed by atoms with E-state index in [2.05, 4.69) is 37.3 Å². The van der Waals surface area contributed by atoms with Crippen molar-refractivity contribution < 1.29 is 0 Å². The van der Waals surface area contributed by atoms with Crippen LogP contribution in [0.3, 0.4) is 0 Å². The summed E-state index contributed by atoms with van der Waals surface area (Å²) in [7, 11) is 0. The second-order valence-electron chi connectivity index (χ2n) is 4.32. The number of thiazole rings is 1. The van der Waals surface area contributed by atoms with Crippen molar-refractivity contribution in [1.82, 2.24) is 4.98 Å². The number of fused-ring (bicyclic) bond motifs is 1. The number of nitrogens with zero attached hydrogens (tertiary/aromatic N) is 1. The second-order valence-corrected chi connectivity index (χ2v) is 5.62. The van der Waals surface area contributed by atoms with Crippen LogP contribution in [0.5, 0.6) is 0 Å². The Morgan fingerprint density at radius 2 is 2.06 bits per heavy atom. The molecule has 0 atom stereocenters. The van der Waals surface area contributed by atoms with Gasteiger partial charge in [-0.15, -0.1) is 22.9 Å². The summed E-state index contributed by atoms with van der Waals surface area (Å²) in [4.78, 5) is 4.69. The van der Waals surface area contributed by atoms with E-state index in [1.54, 1.807) is 11.3 Å². The topological polar surface area (TPSA) is 12.9 Å². The third-order valence-electron chi connectivity index (χ3n) is 2.87. The molecule has 0 aliphatic rings. The van der Waals surface area contributed by atoms with Crippen LogP contribution in [0.25, 0.3) is 20.8 Å². The molecule has 0 fully saturated rings. The van der Waals surface area contributed by atoms with Gasteiger partial charge in [0.25, 0.3) is 0 Å². The van der Waals surface area contributed by atoms with Gasteiger partial charge in [-0.2, -0.15) is 0 Å². The van der Waals surface area contributed by atoms with E-state index in [-0.39, 0.29) is 0 Å². The van der Waals surface area contributed by atoms with Gasteiger partial charge in [-0.25, -0.2) is 4.98 Å². The third-order valence-corrected chi connectivity index (χ3v) is 4.27. The van der Waals surface area contributed by atoms with E-state index in [0.29, 0.717) is 5.88 Å². The van der Waals surface area contributed by atoms with Crippen LogP contribution in [-0.2, 0) is 5.88 Å². The summed E-state index contributed by atoms with van der Waals surface area (Å²) in [5.74, 6) is 0.540. The molecule has 3 rings (SSSR count). The van der Waals surface area contributed by atoms with Gasteiger partial charge in [0.15, 0.2) is 0 Å². The molecular weight excluding hydrogens is 262 g/mol. The van der Waals surface area contributed by atoms with Crippen LogP contribution in [0, 0.1) is 6.92 Å². The van der Waals surface area contributed by atoms with E-state index in [4.69, 9.17) is 16.6 Å². The van der Waals surface area contributed by atoms with E-state index in [1.807, 2.05) is 12.1 Å². The summed E-state index contributed by atoms with van der Waals surface area (Å²) in [6, 6.07) is 14.6. The smallest absolute Gasteiger partial charge is 0.124 e. The zero-order chi connectivity index (χ0) is 12.5. The maximum atomic E-state index is 5.87. The highest BCUT2D eigenvalue weighted by Gasteiger charge is 2.06. The number of aryl methyl sites for hydroxylation is 1. The van der Waals surface area contributed by atoms with Crippen LogP contribution < -0.4 is 0 Å². The van der Waals surface area contributed by atoms with Gasteiger partial charge in [0, 0.05) is 11.4 Å². The van der Waals surface area contributed by atoms with Crippen LogP contribution in [0.15, 0.2) is 42.5 Å². The van der Waals surface area contributed by atoms with E-state index >= 15 is 0 Å². The van der Waals surface area contributed by atoms with Crippen molar-refractivity contribution in [3.63, 3.8) is 0 Å². The van der Waals surface area contributed by atoms with Gasteiger partial charge in [-0.3, -0.25) is 0 Å². The molecule has 0 spiro atoms. The molecule has 0 unspecified atom stereocenters. The zero-order valence-electron chi connectivity index (χ0n) is 9.98. The molecule has 1 nitrogen and oxygen atoms in total. The monoisotopic (exact) mass is 273 g/mol. The maximum absolute atomic E-state index is 5.87. The molecule has 0 amide bonds. The maximum Gasteiger partial charge on any atom is 0.124 e. The Morgan fingerprint density at radius 3 is 2.89 bits per heavy atom. The SMILES string of the molecule is Cc1ccc2sc(-c3cccc(CCl)c3)nc2c1. The standard InChI is InChI=1S/C15H12ClNS/c1-10-5-6-14-13(7-10)17-15(18-14)12-4-2-3-11(8-12)9-16/h2-8H,9H2,1H3. The van der Waals surface area contributed by atoms with Gasteiger partial charge < -0.3 is 0 Å². The molecule has 0 radical (unpaired) electrons. The third kappa shape index (κ3) is 2.14. The molecule has 18 heavy (non-hydrogen) atoms. The molecule has 90 valence electrons. The van der Waals surface area contributed by atoms with E-state index in [9.17, 15) is 0 Å². The fourth-order valence-corrected chi connectivity index (χ4v) is 3.06. The van der Waals surface area contributed by atoms with Gasteiger partial charge in [0.1, 0.15) is 5.01 Å². The molecule has 0 saturated carbocycles. The minimum atomic E-state index is 0.540. The quantitative estimate of drug-likeness (QED) is 0.598. The van der Waals surface area contributed by atoms with Gasteiger partial charge in [0.05, 0.1) is 10.2 Å². The first kappa shape index (κ1) is 11.7. The van der Waals surface area contributed by atoms with Crippen LogP contribution in [-0.4, -0.2) is 4.98 Å². The highest BCUT2D eigenvalue weighted by atomic mass is 35.5. The first-order valence-electron chi connectivity index (χ1n) is 5.79. The van der Waals surface area contributed by atoms with Gasteiger partial charge in [0.2, 0.25) is 0 Å². The van der Waals surface area contributed by atoms with Crippen LogP contribution in [0.4, 0.5) is 0 Å². The lowest BCUT2D eigenvalue weighted by Gasteiger charge is -1.98. The van der Waals surface area contributed by atoms with E-state index in [0.717, 1.165) is 21.7 Å². The van der Waals surface area contributed by atoms with Crippen LogP contribution in [0.2, 0.25) is 0 Å². The van der Waals surface area contributed by atoms with Crippen molar-refractivity contribution in [3.8, 4) is 10.6 Å². The van der Waals surface area contributed by atoms with Crippen molar-refractivity contribution in [2.24, 2.45) is 0 Å². The fourth-order valence-electron chi connectivity index (χ4n) is 1.95. The lowest BCUT2D eigenvalue weighted by molar-refractivity contribution is 1.38. The van der Waals surface area contributed by atoms with Crippen LogP contribution in [0.1, 0.15) is 11.1 Å². The number of aromatic nitrogens is 1. The summed E-state index contributed by atoms with van der Waals surface area (Å²) < 4.78 is 1.23. The molecule has 0 aliphatic carbocycles. The molecule has 2 aromatic carbocycles. The first-order valence-corrected chi connectivity index (χ1v) is 7.14. The van der Waals surface area contributed by atoms with Crippen molar-refractivity contribution >= 4 is 33.2 Å². The van der Waals surface area contributed by atoms with Crippen molar-refractivity contribution in [1.29, 1.82) is 0 Å². The summed E-state index contributed by atoms with van der Waals surface area (Å²) in [5.41, 5.74) is 4.59. The van der Waals surface area contributed by atoms with E-state index < -0.39 is 0 Å². The summed E-state index contributed by atoms with van der Waals surface area (Å²) in [6.07, 6.45) is 0. The molecule has 0 bridgehead atoms. The molecule has 1 heterocycles. The van der Waals surface area contributed by atoms with Crippen LogP contribution >= 0.6 is 22.9 Å². The predicted molar refractivity (Wildman–Crippen MR) is 79.4 cm³/mol. The number of benzene rings is 2. The highest BCUT2D eigenvalue weighted by Crippen LogP contribution is 2.31. The highest BCUT2D eigenvalue weighted by molar-refractivity contribution is 7.21. The Balaban J connectivity index is 2.13. The molecule has 1 aromatic heterocycles. The normalized spacial score (nSPS) is 11.0. The number of hydrogen-bond acceptors (Lipinski definition) is 2.